The summed E-state index contributed by atoms with van der Waals surface area (Å²) in [7, 11) is 0. The highest BCUT2D eigenvalue weighted by Crippen LogP contribution is 2.32. The predicted octanol–water partition coefficient (Wildman–Crippen LogP) is 3.37. The van der Waals surface area contributed by atoms with Gasteiger partial charge in [-0.25, -0.2) is 4.39 Å². The van der Waals surface area contributed by atoms with Gasteiger partial charge in [0.2, 0.25) is 11.8 Å². The average molecular weight is 394 g/mol. The number of anilines is 2. The number of para-hydroxylation sites is 1. The number of carbonyl (C=O) groups excluding carboxylic acids is 2. The molecule has 1 fully saturated rings. The Morgan fingerprint density at radius 3 is 2.97 bits per heavy atom. The number of nitrogens with zero attached hydrogens (tertiary/aromatic N) is 2. The van der Waals surface area contributed by atoms with Gasteiger partial charge < -0.3 is 15.5 Å². The molecule has 4 rings (SSSR count). The first-order valence-electron chi connectivity index (χ1n) is 9.83. The molecule has 0 aromatic heterocycles. The number of hydrogen-bond acceptors (Lipinski definition) is 4. The lowest BCUT2D eigenvalue weighted by molar-refractivity contribution is -0.121. The van der Waals surface area contributed by atoms with Gasteiger partial charge in [0.1, 0.15) is 11.7 Å². The number of rotatable bonds is 5. The summed E-state index contributed by atoms with van der Waals surface area (Å²) in [5, 5.41) is 5.78. The van der Waals surface area contributed by atoms with Crippen molar-refractivity contribution in [3.63, 3.8) is 0 Å². The van der Waals surface area contributed by atoms with Crippen molar-refractivity contribution in [3.05, 3.63) is 53.8 Å². The number of amides is 2. The van der Waals surface area contributed by atoms with Crippen LogP contribution in [0.25, 0.3) is 0 Å². The van der Waals surface area contributed by atoms with Gasteiger partial charge in [0.25, 0.3) is 0 Å². The van der Waals surface area contributed by atoms with Crippen LogP contribution >= 0.6 is 0 Å². The second-order valence-corrected chi connectivity index (χ2v) is 7.32. The van der Waals surface area contributed by atoms with Crippen LogP contribution in [-0.4, -0.2) is 37.2 Å². The molecule has 7 heteroatoms. The number of carbonyl (C=O) groups is 2. The SMILES string of the molecule is CCC(=O)NC1CCN(c2ccc(N=CC3C(=O)Nc4ccccc43)cc2F)C1. The van der Waals surface area contributed by atoms with Gasteiger partial charge in [-0.15, -0.1) is 0 Å². The van der Waals surface area contributed by atoms with Crippen LogP contribution < -0.4 is 15.5 Å². The summed E-state index contributed by atoms with van der Waals surface area (Å²) in [4.78, 5) is 30.0. The number of fused-ring (bicyclic) bond motifs is 1. The van der Waals surface area contributed by atoms with Crippen molar-refractivity contribution in [2.24, 2.45) is 4.99 Å². The van der Waals surface area contributed by atoms with Crippen LogP contribution in [0.1, 0.15) is 31.2 Å². The first kappa shape index (κ1) is 19.1. The molecule has 2 heterocycles. The molecule has 2 aliphatic rings. The molecule has 150 valence electrons. The highest BCUT2D eigenvalue weighted by atomic mass is 19.1. The van der Waals surface area contributed by atoms with Crippen molar-refractivity contribution in [2.75, 3.05) is 23.3 Å². The van der Waals surface area contributed by atoms with Gasteiger partial charge in [-0.3, -0.25) is 14.6 Å². The van der Waals surface area contributed by atoms with Gasteiger partial charge in [-0.2, -0.15) is 0 Å². The largest absolute Gasteiger partial charge is 0.367 e. The summed E-state index contributed by atoms with van der Waals surface area (Å²) in [5.74, 6) is -0.961. The maximum absolute atomic E-state index is 14.7. The fourth-order valence-corrected chi connectivity index (χ4v) is 3.80. The van der Waals surface area contributed by atoms with E-state index in [1.807, 2.05) is 36.1 Å². The minimum absolute atomic E-state index is 0.0135. The smallest absolute Gasteiger partial charge is 0.237 e. The van der Waals surface area contributed by atoms with Crippen molar-refractivity contribution in [1.29, 1.82) is 0 Å². The molecule has 0 radical (unpaired) electrons. The van der Waals surface area contributed by atoms with Crippen molar-refractivity contribution < 1.29 is 14.0 Å². The van der Waals surface area contributed by atoms with Crippen LogP contribution in [0.4, 0.5) is 21.5 Å². The van der Waals surface area contributed by atoms with Crippen molar-refractivity contribution in [2.45, 2.75) is 31.7 Å². The molecular weight excluding hydrogens is 371 g/mol. The number of benzene rings is 2. The maximum atomic E-state index is 14.7. The second-order valence-electron chi connectivity index (χ2n) is 7.32. The lowest BCUT2D eigenvalue weighted by Gasteiger charge is -2.20. The van der Waals surface area contributed by atoms with Gasteiger partial charge in [-0.05, 0) is 30.2 Å². The first-order chi connectivity index (χ1) is 14.0. The van der Waals surface area contributed by atoms with E-state index in [0.29, 0.717) is 30.9 Å². The molecule has 0 bridgehead atoms. The zero-order chi connectivity index (χ0) is 20.4. The molecule has 1 saturated heterocycles. The zero-order valence-corrected chi connectivity index (χ0v) is 16.2. The highest BCUT2D eigenvalue weighted by Gasteiger charge is 2.29. The van der Waals surface area contributed by atoms with Crippen LogP contribution in [-0.2, 0) is 9.59 Å². The van der Waals surface area contributed by atoms with Crippen molar-refractivity contribution >= 4 is 35.1 Å². The Kier molecular flexibility index (Phi) is 5.29. The van der Waals surface area contributed by atoms with E-state index in [9.17, 15) is 14.0 Å². The van der Waals surface area contributed by atoms with Crippen LogP contribution in [0.15, 0.2) is 47.5 Å². The summed E-state index contributed by atoms with van der Waals surface area (Å²) in [6.07, 6.45) is 2.80. The van der Waals surface area contributed by atoms with Gasteiger partial charge in [0, 0.05) is 43.5 Å². The molecular formula is C22H23FN4O2. The summed E-state index contributed by atoms with van der Waals surface area (Å²) < 4.78 is 14.7. The Hall–Kier alpha value is -3.22. The van der Waals surface area contributed by atoms with E-state index in [0.717, 1.165) is 17.7 Å². The third-order valence-electron chi connectivity index (χ3n) is 5.36. The van der Waals surface area contributed by atoms with Gasteiger partial charge in [0.05, 0.1) is 11.4 Å². The van der Waals surface area contributed by atoms with E-state index in [2.05, 4.69) is 15.6 Å². The van der Waals surface area contributed by atoms with Gasteiger partial charge in [-0.1, -0.05) is 25.1 Å². The van der Waals surface area contributed by atoms with E-state index < -0.39 is 5.92 Å². The number of hydrogen-bond donors (Lipinski definition) is 2. The highest BCUT2D eigenvalue weighted by molar-refractivity contribution is 6.12. The molecule has 2 aromatic carbocycles. The molecule has 2 amide bonds. The molecule has 2 atom stereocenters. The Balaban J connectivity index is 1.45. The van der Waals surface area contributed by atoms with E-state index in [4.69, 9.17) is 0 Å². The summed E-state index contributed by atoms with van der Waals surface area (Å²) in [6, 6.07) is 12.3. The Labute approximate surface area is 168 Å². The van der Waals surface area contributed by atoms with Crippen LogP contribution in [0.2, 0.25) is 0 Å². The molecule has 2 N–H and O–H groups in total. The third-order valence-corrected chi connectivity index (χ3v) is 5.36. The van der Waals surface area contributed by atoms with Crippen LogP contribution in [0.3, 0.4) is 0 Å². The maximum Gasteiger partial charge on any atom is 0.237 e. The minimum atomic E-state index is -0.476. The van der Waals surface area contributed by atoms with E-state index in [1.165, 1.54) is 6.07 Å². The Bertz CT molecular complexity index is 975. The predicted molar refractivity (Wildman–Crippen MR) is 111 cm³/mol. The summed E-state index contributed by atoms with van der Waals surface area (Å²) >= 11 is 0. The molecule has 0 aliphatic carbocycles. The van der Waals surface area contributed by atoms with E-state index in [-0.39, 0.29) is 23.7 Å². The fraction of sp³-hybridized carbons (Fsp3) is 0.318. The zero-order valence-electron chi connectivity index (χ0n) is 16.2. The topological polar surface area (TPSA) is 73.8 Å². The van der Waals surface area contributed by atoms with Crippen molar-refractivity contribution in [1.82, 2.24) is 5.32 Å². The molecule has 0 saturated carbocycles. The number of aliphatic imine (C=N–C) groups is 1. The van der Waals surface area contributed by atoms with E-state index >= 15 is 0 Å². The third kappa shape index (κ3) is 3.99. The monoisotopic (exact) mass is 394 g/mol. The fourth-order valence-electron chi connectivity index (χ4n) is 3.80. The normalized spacial score (nSPS) is 20.8. The molecule has 2 aliphatic heterocycles. The standard InChI is InChI=1S/C22H23FN4O2/c1-2-21(28)25-15-9-10-27(13-15)20-8-7-14(11-18(20)23)24-12-17-16-5-3-4-6-19(16)26-22(17)29/h3-8,11-12,15,17H,2,9-10,13H2,1H3,(H,25,28)(H,26,29). The quantitative estimate of drug-likeness (QED) is 0.764. The van der Waals surface area contributed by atoms with Crippen molar-refractivity contribution in [3.8, 4) is 0 Å². The van der Waals surface area contributed by atoms with Crippen LogP contribution in [0.5, 0.6) is 0 Å². The molecule has 2 unspecified atom stereocenters. The molecule has 6 nitrogen and oxygen atoms in total. The summed E-state index contributed by atoms with van der Waals surface area (Å²) in [5.41, 5.74) is 2.62. The summed E-state index contributed by atoms with van der Waals surface area (Å²) in [6.45, 7) is 3.09. The van der Waals surface area contributed by atoms with Gasteiger partial charge >= 0.3 is 0 Å². The Morgan fingerprint density at radius 1 is 1.34 bits per heavy atom. The number of nitrogens with one attached hydrogen (secondary N) is 2. The molecule has 0 spiro atoms. The van der Waals surface area contributed by atoms with Gasteiger partial charge in [0.15, 0.2) is 0 Å². The second kappa shape index (κ2) is 8.03. The lowest BCUT2D eigenvalue weighted by Crippen LogP contribution is -2.36. The molecule has 2 aromatic rings. The average Bonchev–Trinajstić information content (AvgIpc) is 3.30. The minimum Gasteiger partial charge on any atom is -0.367 e. The van der Waals surface area contributed by atoms with Crippen LogP contribution in [0, 0.1) is 5.82 Å². The Morgan fingerprint density at radius 2 is 2.17 bits per heavy atom. The molecule has 29 heavy (non-hydrogen) atoms. The number of halogens is 1. The lowest BCUT2D eigenvalue weighted by atomic mass is 10.0. The van der Waals surface area contributed by atoms with E-state index in [1.54, 1.807) is 18.3 Å². The first-order valence-corrected chi connectivity index (χ1v) is 9.83.